The smallest absolute Gasteiger partial charge is 0.157 e. The highest BCUT2D eigenvalue weighted by Crippen LogP contribution is 2.14. The summed E-state index contributed by atoms with van der Waals surface area (Å²) in [6.07, 6.45) is 3.59. The number of hydrogen-bond donors (Lipinski definition) is 1. The van der Waals surface area contributed by atoms with Crippen molar-refractivity contribution in [3.63, 3.8) is 0 Å². The van der Waals surface area contributed by atoms with Gasteiger partial charge in [-0.15, -0.1) is 11.3 Å². The van der Waals surface area contributed by atoms with Gasteiger partial charge in [-0.2, -0.15) is 5.10 Å². The Labute approximate surface area is 105 Å². The van der Waals surface area contributed by atoms with E-state index in [1.807, 2.05) is 24.6 Å². The number of thiophene rings is 1. The number of hydrogen-bond acceptors (Lipinski definition) is 4. The van der Waals surface area contributed by atoms with Gasteiger partial charge in [0.05, 0.1) is 12.4 Å². The summed E-state index contributed by atoms with van der Waals surface area (Å²) < 4.78 is 7.26. The molecule has 1 N–H and O–H groups in total. The first kappa shape index (κ1) is 12.1. The molecule has 0 bridgehead atoms. The van der Waals surface area contributed by atoms with Gasteiger partial charge in [-0.25, -0.2) is 0 Å². The Hall–Kier alpha value is -1.33. The Morgan fingerprint density at radius 1 is 1.47 bits per heavy atom. The molecular formula is C12H17N3OS. The topological polar surface area (TPSA) is 39.1 Å². The zero-order valence-electron chi connectivity index (χ0n) is 10.1. The van der Waals surface area contributed by atoms with E-state index in [1.54, 1.807) is 10.9 Å². The van der Waals surface area contributed by atoms with Crippen molar-refractivity contribution >= 4 is 11.3 Å². The van der Waals surface area contributed by atoms with E-state index in [-0.39, 0.29) is 0 Å². The van der Waals surface area contributed by atoms with Crippen LogP contribution in [0.2, 0.25) is 0 Å². The molecule has 0 unspecified atom stereocenters. The fourth-order valence-corrected chi connectivity index (χ4v) is 2.37. The molecular weight excluding hydrogens is 234 g/mol. The summed E-state index contributed by atoms with van der Waals surface area (Å²) in [5, 5.41) is 7.39. The summed E-state index contributed by atoms with van der Waals surface area (Å²) in [4.78, 5) is 2.72. The Morgan fingerprint density at radius 3 is 3.00 bits per heavy atom. The van der Waals surface area contributed by atoms with E-state index in [4.69, 9.17) is 4.74 Å². The lowest BCUT2D eigenvalue weighted by molar-refractivity contribution is 0.313. The Kier molecular flexibility index (Phi) is 4.17. The van der Waals surface area contributed by atoms with E-state index in [9.17, 15) is 0 Å². The molecule has 0 spiro atoms. The van der Waals surface area contributed by atoms with Crippen molar-refractivity contribution in [1.82, 2.24) is 15.1 Å². The number of ether oxygens (including phenoxy) is 1. The van der Waals surface area contributed by atoms with Crippen molar-refractivity contribution < 1.29 is 4.74 Å². The third-order valence-electron chi connectivity index (χ3n) is 2.32. The summed E-state index contributed by atoms with van der Waals surface area (Å²) in [5.41, 5.74) is 0. The standard InChI is InChI=1S/C12H17N3OS/c1-10-3-4-12(17-10)8-13-5-6-16-11-7-14-15(2)9-11/h3-4,7,9,13H,5-6,8H2,1-2H3. The number of rotatable bonds is 6. The maximum atomic E-state index is 5.53. The van der Waals surface area contributed by atoms with Crippen molar-refractivity contribution in [3.05, 3.63) is 34.3 Å². The fraction of sp³-hybridized carbons (Fsp3) is 0.417. The number of aryl methyl sites for hydroxylation is 2. The summed E-state index contributed by atoms with van der Waals surface area (Å²) in [6.45, 7) is 4.54. The highest BCUT2D eigenvalue weighted by molar-refractivity contribution is 7.11. The third-order valence-corrected chi connectivity index (χ3v) is 3.32. The van der Waals surface area contributed by atoms with Crippen LogP contribution in [0.3, 0.4) is 0 Å². The van der Waals surface area contributed by atoms with Crippen LogP contribution in [0.1, 0.15) is 9.75 Å². The number of nitrogens with one attached hydrogen (secondary N) is 1. The molecule has 0 radical (unpaired) electrons. The molecule has 0 aromatic carbocycles. The van der Waals surface area contributed by atoms with Crippen LogP contribution in [0.15, 0.2) is 24.5 Å². The van der Waals surface area contributed by atoms with Crippen LogP contribution in [0.25, 0.3) is 0 Å². The van der Waals surface area contributed by atoms with Crippen LogP contribution in [0.4, 0.5) is 0 Å². The van der Waals surface area contributed by atoms with E-state index in [2.05, 4.69) is 29.5 Å². The third kappa shape index (κ3) is 3.87. The van der Waals surface area contributed by atoms with Crippen molar-refractivity contribution in [2.45, 2.75) is 13.5 Å². The van der Waals surface area contributed by atoms with Gasteiger partial charge in [0.15, 0.2) is 5.75 Å². The minimum atomic E-state index is 0.663. The molecule has 0 aliphatic heterocycles. The lowest BCUT2D eigenvalue weighted by Gasteiger charge is -2.04. The van der Waals surface area contributed by atoms with Crippen LogP contribution in [0.5, 0.6) is 5.75 Å². The zero-order chi connectivity index (χ0) is 12.1. The van der Waals surface area contributed by atoms with Gasteiger partial charge in [0.25, 0.3) is 0 Å². The Balaban J connectivity index is 1.60. The predicted octanol–water partition coefficient (Wildman–Crippen LogP) is 1.96. The van der Waals surface area contributed by atoms with Gasteiger partial charge in [-0.05, 0) is 19.1 Å². The molecule has 4 nitrogen and oxygen atoms in total. The molecule has 0 aliphatic carbocycles. The quantitative estimate of drug-likeness (QED) is 0.798. The van der Waals surface area contributed by atoms with Crippen LogP contribution >= 0.6 is 11.3 Å². The SMILES string of the molecule is Cc1ccc(CNCCOc2cnn(C)c2)s1. The second-order valence-electron chi connectivity index (χ2n) is 3.89. The largest absolute Gasteiger partial charge is 0.489 e. The van der Waals surface area contributed by atoms with Crippen molar-refractivity contribution in [3.8, 4) is 5.75 Å². The fourth-order valence-electron chi connectivity index (χ4n) is 1.51. The van der Waals surface area contributed by atoms with Gasteiger partial charge in [0.2, 0.25) is 0 Å². The minimum Gasteiger partial charge on any atom is -0.489 e. The molecule has 2 aromatic heterocycles. The van der Waals surface area contributed by atoms with E-state index < -0.39 is 0 Å². The van der Waals surface area contributed by atoms with E-state index in [0.29, 0.717) is 6.61 Å². The highest BCUT2D eigenvalue weighted by atomic mass is 32.1. The summed E-state index contributed by atoms with van der Waals surface area (Å²) in [6, 6.07) is 4.31. The van der Waals surface area contributed by atoms with Gasteiger partial charge in [0, 0.05) is 29.9 Å². The second-order valence-corrected chi connectivity index (χ2v) is 5.26. The molecule has 17 heavy (non-hydrogen) atoms. The van der Waals surface area contributed by atoms with Crippen molar-refractivity contribution in [1.29, 1.82) is 0 Å². The van der Waals surface area contributed by atoms with E-state index >= 15 is 0 Å². The molecule has 0 fully saturated rings. The molecule has 0 atom stereocenters. The average molecular weight is 251 g/mol. The Morgan fingerprint density at radius 2 is 2.35 bits per heavy atom. The molecule has 2 rings (SSSR count). The van der Waals surface area contributed by atoms with Crippen LogP contribution in [-0.2, 0) is 13.6 Å². The molecule has 2 heterocycles. The molecule has 0 saturated carbocycles. The summed E-state index contributed by atoms with van der Waals surface area (Å²) >= 11 is 1.83. The van der Waals surface area contributed by atoms with E-state index in [1.165, 1.54) is 9.75 Å². The number of nitrogens with zero attached hydrogens (tertiary/aromatic N) is 2. The van der Waals surface area contributed by atoms with Gasteiger partial charge in [0.1, 0.15) is 6.61 Å². The van der Waals surface area contributed by atoms with Crippen LogP contribution < -0.4 is 10.1 Å². The number of aromatic nitrogens is 2. The first-order valence-corrected chi connectivity index (χ1v) is 6.43. The van der Waals surface area contributed by atoms with Crippen molar-refractivity contribution in [2.75, 3.05) is 13.2 Å². The highest BCUT2D eigenvalue weighted by Gasteiger charge is 1.97. The summed E-state index contributed by atoms with van der Waals surface area (Å²) in [5.74, 6) is 0.821. The second kappa shape index (κ2) is 5.84. The predicted molar refractivity (Wildman–Crippen MR) is 69.5 cm³/mol. The zero-order valence-corrected chi connectivity index (χ0v) is 11.0. The first-order chi connectivity index (χ1) is 8.24. The van der Waals surface area contributed by atoms with E-state index in [0.717, 1.165) is 18.8 Å². The molecule has 0 amide bonds. The molecule has 5 heteroatoms. The monoisotopic (exact) mass is 251 g/mol. The van der Waals surface area contributed by atoms with Crippen molar-refractivity contribution in [2.24, 2.45) is 7.05 Å². The van der Waals surface area contributed by atoms with Crippen LogP contribution in [-0.4, -0.2) is 22.9 Å². The maximum absolute atomic E-state index is 5.53. The molecule has 0 aliphatic rings. The minimum absolute atomic E-state index is 0.663. The lowest BCUT2D eigenvalue weighted by atomic mass is 10.4. The average Bonchev–Trinajstić information content (AvgIpc) is 2.88. The van der Waals surface area contributed by atoms with Gasteiger partial charge < -0.3 is 10.1 Å². The maximum Gasteiger partial charge on any atom is 0.157 e. The van der Waals surface area contributed by atoms with Gasteiger partial charge >= 0.3 is 0 Å². The van der Waals surface area contributed by atoms with Gasteiger partial charge in [-0.1, -0.05) is 0 Å². The molecule has 2 aromatic rings. The first-order valence-electron chi connectivity index (χ1n) is 5.61. The van der Waals surface area contributed by atoms with Crippen LogP contribution in [0, 0.1) is 6.92 Å². The normalized spacial score (nSPS) is 10.7. The molecule has 92 valence electrons. The summed E-state index contributed by atoms with van der Waals surface area (Å²) in [7, 11) is 1.88. The van der Waals surface area contributed by atoms with Gasteiger partial charge in [-0.3, -0.25) is 4.68 Å². The lowest BCUT2D eigenvalue weighted by Crippen LogP contribution is -2.19. The molecule has 0 saturated heterocycles. The Bertz CT molecular complexity index is 422.